The lowest BCUT2D eigenvalue weighted by molar-refractivity contribution is -0.137. The molecule has 0 fully saturated rings. The van der Waals surface area contributed by atoms with Gasteiger partial charge in [0.15, 0.2) is 0 Å². The van der Waals surface area contributed by atoms with Gasteiger partial charge < -0.3 is 5.32 Å². The maximum Gasteiger partial charge on any atom is 0.416 e. The Hall–Kier alpha value is -1.08. The first-order valence-electron chi connectivity index (χ1n) is 5.81. The molecule has 0 aromatic heterocycles. The number of nitrogens with one attached hydrogen (secondary N) is 1. The molecule has 1 N–H and O–H groups in total. The van der Waals surface area contributed by atoms with Gasteiger partial charge in [-0.15, -0.1) is 0 Å². The molecule has 0 aliphatic carbocycles. The van der Waals surface area contributed by atoms with Gasteiger partial charge in [0.05, 0.1) is 5.56 Å². The van der Waals surface area contributed by atoms with Crippen LogP contribution in [0, 0.1) is 5.82 Å². The van der Waals surface area contributed by atoms with Crippen LogP contribution in [0.2, 0.25) is 0 Å². The molecule has 7 heteroatoms. The van der Waals surface area contributed by atoms with E-state index in [1.54, 1.807) is 6.07 Å². The molecule has 0 amide bonds. The van der Waals surface area contributed by atoms with E-state index in [9.17, 15) is 17.6 Å². The quantitative estimate of drug-likeness (QED) is 0.595. The van der Waals surface area contributed by atoms with Gasteiger partial charge in [-0.25, -0.2) is 4.39 Å². The molecule has 1 nitrogen and oxygen atoms in total. The minimum absolute atomic E-state index is 0.205. The van der Waals surface area contributed by atoms with Gasteiger partial charge in [0.2, 0.25) is 0 Å². The fraction of sp³-hybridized carbons (Fsp3) is 0.143. The predicted octanol–water partition coefficient (Wildman–Crippen LogP) is 5.98. The molecule has 2 rings (SSSR count). The summed E-state index contributed by atoms with van der Waals surface area (Å²) in [5.74, 6) is -0.413. The summed E-state index contributed by atoms with van der Waals surface area (Å²) < 4.78 is 52.3. The Balaban J connectivity index is 2.19. The first-order valence-corrected chi connectivity index (χ1v) is 7.40. The molecule has 0 saturated heterocycles. The summed E-state index contributed by atoms with van der Waals surface area (Å²) in [6, 6.07) is 7.65. The van der Waals surface area contributed by atoms with Crippen molar-refractivity contribution in [2.45, 2.75) is 12.7 Å². The molecular formula is C14H9Br2F4N. The molecule has 0 atom stereocenters. The van der Waals surface area contributed by atoms with Gasteiger partial charge in [0, 0.05) is 21.2 Å². The number of anilines is 1. The summed E-state index contributed by atoms with van der Waals surface area (Å²) in [5, 5.41) is 2.86. The Morgan fingerprint density at radius 3 is 2.33 bits per heavy atom. The highest BCUT2D eigenvalue weighted by Gasteiger charge is 2.30. The second kappa shape index (κ2) is 6.36. The van der Waals surface area contributed by atoms with Crippen molar-refractivity contribution in [3.8, 4) is 0 Å². The lowest BCUT2D eigenvalue weighted by atomic mass is 10.1. The average Bonchev–Trinajstić information content (AvgIpc) is 2.35. The molecule has 0 aliphatic rings. The van der Waals surface area contributed by atoms with Crippen molar-refractivity contribution in [1.29, 1.82) is 0 Å². The largest absolute Gasteiger partial charge is 0.416 e. The maximum atomic E-state index is 13.2. The van der Waals surface area contributed by atoms with Crippen LogP contribution in [-0.4, -0.2) is 0 Å². The summed E-state index contributed by atoms with van der Waals surface area (Å²) >= 11 is 6.35. The zero-order valence-electron chi connectivity index (χ0n) is 10.4. The van der Waals surface area contributed by atoms with Crippen LogP contribution < -0.4 is 5.32 Å². The molecule has 0 heterocycles. The predicted molar refractivity (Wildman–Crippen MR) is 80.6 cm³/mol. The fourth-order valence-corrected chi connectivity index (χ4v) is 2.65. The zero-order valence-corrected chi connectivity index (χ0v) is 13.6. The third-order valence-electron chi connectivity index (χ3n) is 2.70. The Morgan fingerprint density at radius 1 is 1.00 bits per heavy atom. The Bertz CT molecular complexity index is 636. The molecule has 21 heavy (non-hydrogen) atoms. The number of benzene rings is 2. The molecule has 0 aliphatic heterocycles. The first-order chi connectivity index (χ1) is 9.75. The van der Waals surface area contributed by atoms with Crippen LogP contribution in [0.15, 0.2) is 45.3 Å². The molecule has 0 unspecified atom stereocenters. The van der Waals surface area contributed by atoms with Crippen molar-refractivity contribution in [2.24, 2.45) is 0 Å². The van der Waals surface area contributed by atoms with Crippen LogP contribution in [0.25, 0.3) is 0 Å². The molecule has 0 bridgehead atoms. The van der Waals surface area contributed by atoms with Gasteiger partial charge in [-0.2, -0.15) is 13.2 Å². The van der Waals surface area contributed by atoms with Gasteiger partial charge in [-0.1, -0.05) is 15.9 Å². The van der Waals surface area contributed by atoms with Crippen LogP contribution in [0.5, 0.6) is 0 Å². The number of rotatable bonds is 3. The number of alkyl halides is 3. The monoisotopic (exact) mass is 425 g/mol. The molecule has 0 saturated carbocycles. The lowest BCUT2D eigenvalue weighted by Gasteiger charge is -2.13. The van der Waals surface area contributed by atoms with E-state index in [-0.39, 0.29) is 6.54 Å². The van der Waals surface area contributed by atoms with Crippen molar-refractivity contribution in [3.05, 3.63) is 62.3 Å². The van der Waals surface area contributed by atoms with Crippen molar-refractivity contribution in [1.82, 2.24) is 0 Å². The van der Waals surface area contributed by atoms with E-state index >= 15 is 0 Å². The second-order valence-electron chi connectivity index (χ2n) is 4.32. The summed E-state index contributed by atoms with van der Waals surface area (Å²) in [6.45, 7) is 0.205. The Labute approximate surface area is 135 Å². The van der Waals surface area contributed by atoms with Gasteiger partial charge in [-0.05, 0) is 57.9 Å². The van der Waals surface area contributed by atoms with Crippen LogP contribution in [0.1, 0.15) is 11.1 Å². The molecule has 112 valence electrons. The van der Waals surface area contributed by atoms with E-state index in [2.05, 4.69) is 37.2 Å². The van der Waals surface area contributed by atoms with Gasteiger partial charge in [0.1, 0.15) is 5.82 Å². The van der Waals surface area contributed by atoms with Crippen molar-refractivity contribution in [2.75, 3.05) is 5.32 Å². The number of hydrogen-bond donors (Lipinski definition) is 1. The van der Waals surface area contributed by atoms with Gasteiger partial charge in [0.25, 0.3) is 0 Å². The first kappa shape index (κ1) is 16.3. The fourth-order valence-electron chi connectivity index (χ4n) is 1.75. The normalized spacial score (nSPS) is 11.5. The zero-order chi connectivity index (χ0) is 15.6. The van der Waals surface area contributed by atoms with E-state index < -0.39 is 17.6 Å². The van der Waals surface area contributed by atoms with Crippen LogP contribution >= 0.6 is 31.9 Å². The third kappa shape index (κ3) is 4.44. The van der Waals surface area contributed by atoms with Crippen LogP contribution in [0.4, 0.5) is 23.2 Å². The van der Waals surface area contributed by atoms with E-state index in [4.69, 9.17) is 0 Å². The molecular weight excluding hydrogens is 418 g/mol. The van der Waals surface area contributed by atoms with Gasteiger partial charge in [-0.3, -0.25) is 0 Å². The molecule has 0 radical (unpaired) electrons. The van der Waals surface area contributed by atoms with Crippen molar-refractivity contribution in [3.63, 3.8) is 0 Å². The van der Waals surface area contributed by atoms with E-state index in [1.807, 2.05) is 0 Å². The highest BCUT2D eigenvalue weighted by molar-refractivity contribution is 9.10. The second-order valence-corrected chi connectivity index (χ2v) is 6.09. The van der Waals surface area contributed by atoms with E-state index in [0.29, 0.717) is 20.2 Å². The van der Waals surface area contributed by atoms with Crippen molar-refractivity contribution >= 4 is 37.5 Å². The van der Waals surface area contributed by atoms with Crippen molar-refractivity contribution < 1.29 is 17.6 Å². The lowest BCUT2D eigenvalue weighted by Crippen LogP contribution is -2.07. The Kier molecular flexibility index (Phi) is 4.93. The molecule has 2 aromatic carbocycles. The van der Waals surface area contributed by atoms with Crippen LogP contribution in [-0.2, 0) is 12.7 Å². The maximum absolute atomic E-state index is 13.2. The summed E-state index contributed by atoms with van der Waals surface area (Å²) in [4.78, 5) is 0. The summed E-state index contributed by atoms with van der Waals surface area (Å²) in [5.41, 5.74) is 0.171. The Morgan fingerprint density at radius 2 is 1.71 bits per heavy atom. The molecule has 2 aromatic rings. The third-order valence-corrected chi connectivity index (χ3v) is 3.85. The van der Waals surface area contributed by atoms with E-state index in [1.165, 1.54) is 18.2 Å². The topological polar surface area (TPSA) is 12.0 Å². The van der Waals surface area contributed by atoms with Gasteiger partial charge >= 0.3 is 6.18 Å². The summed E-state index contributed by atoms with van der Waals surface area (Å²) in [7, 11) is 0. The standard InChI is InChI=1S/C14H9Br2F4N/c15-10-3-8(4-11(17)6-10)7-21-13-5-9(14(18,19)20)1-2-12(13)16/h1-6,21H,7H2. The smallest absolute Gasteiger partial charge is 0.380 e. The highest BCUT2D eigenvalue weighted by Crippen LogP contribution is 2.34. The summed E-state index contributed by atoms with van der Waals surface area (Å²) in [6.07, 6.45) is -4.40. The average molecular weight is 427 g/mol. The minimum atomic E-state index is -4.40. The van der Waals surface area contributed by atoms with Crippen LogP contribution in [0.3, 0.4) is 0 Å². The SMILES string of the molecule is Fc1cc(Br)cc(CNc2cc(C(F)(F)F)ccc2Br)c1. The molecule has 0 spiro atoms. The highest BCUT2D eigenvalue weighted by atomic mass is 79.9. The number of halogens is 6. The number of hydrogen-bond acceptors (Lipinski definition) is 1. The minimum Gasteiger partial charge on any atom is -0.380 e. The van der Waals surface area contributed by atoms with E-state index in [0.717, 1.165) is 12.1 Å².